The molecule has 0 saturated carbocycles. The van der Waals surface area contributed by atoms with E-state index in [0.29, 0.717) is 6.61 Å². The number of aryl methyl sites for hydroxylation is 2. The summed E-state index contributed by atoms with van der Waals surface area (Å²) in [5.74, 6) is 0.928. The van der Waals surface area contributed by atoms with Crippen LogP contribution >= 0.6 is 0 Å². The molecule has 156 valence electrons. The monoisotopic (exact) mass is 397 g/mol. The average Bonchev–Trinajstić information content (AvgIpc) is 3.09. The number of morpholine rings is 1. The highest BCUT2D eigenvalue weighted by molar-refractivity contribution is 5.73. The van der Waals surface area contributed by atoms with Crippen LogP contribution in [0.3, 0.4) is 0 Å². The summed E-state index contributed by atoms with van der Waals surface area (Å²) in [4.78, 5) is 16.5. The number of hydrogen-bond donors (Lipinski definition) is 0. The van der Waals surface area contributed by atoms with Crippen LogP contribution in [0.2, 0.25) is 0 Å². The first-order valence-electron chi connectivity index (χ1n) is 10.3. The van der Waals surface area contributed by atoms with Crippen molar-refractivity contribution in [2.24, 2.45) is 0 Å². The topological polar surface area (TPSA) is 64.8 Å². The van der Waals surface area contributed by atoms with Crippen LogP contribution in [-0.4, -0.2) is 59.4 Å². The lowest BCUT2D eigenvalue weighted by molar-refractivity contribution is 0.122. The Hall–Kier alpha value is -2.51. The van der Waals surface area contributed by atoms with E-state index >= 15 is 0 Å². The third-order valence-corrected chi connectivity index (χ3v) is 4.85. The van der Waals surface area contributed by atoms with E-state index in [0.717, 1.165) is 72.5 Å². The summed E-state index contributed by atoms with van der Waals surface area (Å²) >= 11 is 0. The van der Waals surface area contributed by atoms with Gasteiger partial charge in [0.15, 0.2) is 11.5 Å². The normalized spacial score (nSPS) is 14.0. The van der Waals surface area contributed by atoms with E-state index in [4.69, 9.17) is 19.4 Å². The molecule has 29 heavy (non-hydrogen) atoms. The minimum atomic E-state index is 0.675. The summed E-state index contributed by atoms with van der Waals surface area (Å²) in [7, 11) is 1.71. The SMILES string of the molecule is CC.COCCc1ccc(-c2c(C)nc3c(N4CCOCC4)nc(C)cn23)cn1. The Bertz CT molecular complexity index is 931. The zero-order valence-corrected chi connectivity index (χ0v) is 18.1. The molecule has 4 rings (SSSR count). The number of ether oxygens (including phenoxy) is 2. The highest BCUT2D eigenvalue weighted by Crippen LogP contribution is 2.29. The van der Waals surface area contributed by atoms with Gasteiger partial charge in [-0.1, -0.05) is 13.8 Å². The molecule has 1 aliphatic heterocycles. The number of pyridine rings is 1. The van der Waals surface area contributed by atoms with Crippen LogP contribution in [0.4, 0.5) is 5.82 Å². The van der Waals surface area contributed by atoms with Gasteiger partial charge in [-0.15, -0.1) is 0 Å². The van der Waals surface area contributed by atoms with Crippen molar-refractivity contribution in [3.8, 4) is 11.3 Å². The second-order valence-electron chi connectivity index (χ2n) is 6.83. The van der Waals surface area contributed by atoms with Crippen molar-refractivity contribution in [2.45, 2.75) is 34.1 Å². The number of nitrogens with zero attached hydrogens (tertiary/aromatic N) is 5. The fourth-order valence-corrected chi connectivity index (χ4v) is 3.52. The minimum Gasteiger partial charge on any atom is -0.384 e. The minimum absolute atomic E-state index is 0.675. The van der Waals surface area contributed by atoms with E-state index in [-0.39, 0.29) is 0 Å². The molecule has 0 radical (unpaired) electrons. The number of hydrogen-bond acceptors (Lipinski definition) is 6. The molecule has 0 aromatic carbocycles. The average molecular weight is 398 g/mol. The van der Waals surface area contributed by atoms with Crippen LogP contribution in [0.15, 0.2) is 24.5 Å². The van der Waals surface area contributed by atoms with Gasteiger partial charge in [0.2, 0.25) is 0 Å². The van der Waals surface area contributed by atoms with Crippen molar-refractivity contribution in [1.82, 2.24) is 19.4 Å². The Balaban J connectivity index is 0.00000117. The highest BCUT2D eigenvalue weighted by atomic mass is 16.5. The maximum absolute atomic E-state index is 5.49. The molecule has 7 nitrogen and oxygen atoms in total. The lowest BCUT2D eigenvalue weighted by Crippen LogP contribution is -2.37. The molecule has 3 aromatic heterocycles. The molecule has 0 amide bonds. The van der Waals surface area contributed by atoms with Gasteiger partial charge in [0.05, 0.1) is 36.9 Å². The van der Waals surface area contributed by atoms with E-state index in [1.54, 1.807) is 7.11 Å². The zero-order chi connectivity index (χ0) is 20.8. The van der Waals surface area contributed by atoms with E-state index in [9.17, 15) is 0 Å². The molecule has 0 N–H and O–H groups in total. The fourth-order valence-electron chi connectivity index (χ4n) is 3.52. The number of fused-ring (bicyclic) bond motifs is 1. The highest BCUT2D eigenvalue weighted by Gasteiger charge is 2.21. The largest absolute Gasteiger partial charge is 0.384 e. The van der Waals surface area contributed by atoms with Crippen LogP contribution in [0, 0.1) is 13.8 Å². The Kier molecular flexibility index (Phi) is 7.17. The molecule has 0 spiro atoms. The summed E-state index contributed by atoms with van der Waals surface area (Å²) < 4.78 is 12.8. The van der Waals surface area contributed by atoms with Gasteiger partial charge in [-0.05, 0) is 26.0 Å². The summed E-state index contributed by atoms with van der Waals surface area (Å²) in [6.45, 7) is 11.9. The number of aromatic nitrogens is 4. The quantitative estimate of drug-likeness (QED) is 0.657. The molecule has 7 heteroatoms. The Morgan fingerprint density at radius 3 is 2.52 bits per heavy atom. The van der Waals surface area contributed by atoms with E-state index in [1.807, 2.05) is 40.1 Å². The first-order valence-corrected chi connectivity index (χ1v) is 10.3. The van der Waals surface area contributed by atoms with Gasteiger partial charge >= 0.3 is 0 Å². The molecule has 1 fully saturated rings. The third kappa shape index (κ3) is 4.57. The standard InChI is InChI=1S/C20H25N5O2.C2H6/c1-14-13-25-18(16-4-5-17(21-12-16)6-9-26-3)15(2)23-20(25)19(22-14)24-7-10-27-11-8-24;1-2/h4-5,12-13H,6-11H2,1-3H3;1-2H3. The third-order valence-electron chi connectivity index (χ3n) is 4.85. The zero-order valence-electron chi connectivity index (χ0n) is 18.1. The fraction of sp³-hybridized carbons (Fsp3) is 0.500. The maximum atomic E-state index is 5.49. The van der Waals surface area contributed by atoms with Crippen molar-refractivity contribution < 1.29 is 9.47 Å². The number of rotatable bonds is 5. The Morgan fingerprint density at radius 1 is 1.10 bits per heavy atom. The van der Waals surface area contributed by atoms with Crippen LogP contribution in [0.5, 0.6) is 0 Å². The van der Waals surface area contributed by atoms with Crippen molar-refractivity contribution >= 4 is 11.5 Å². The molecule has 0 aliphatic carbocycles. The molecular formula is C22H31N5O2. The Labute approximate surface area is 172 Å². The Morgan fingerprint density at radius 2 is 1.86 bits per heavy atom. The predicted molar refractivity (Wildman–Crippen MR) is 116 cm³/mol. The second kappa shape index (κ2) is 9.80. The van der Waals surface area contributed by atoms with Crippen LogP contribution in [-0.2, 0) is 15.9 Å². The summed E-state index contributed by atoms with van der Waals surface area (Å²) in [6.07, 6.45) is 4.78. The molecular weight excluding hydrogens is 366 g/mol. The lowest BCUT2D eigenvalue weighted by Gasteiger charge is -2.28. The van der Waals surface area contributed by atoms with Crippen LogP contribution < -0.4 is 4.90 Å². The van der Waals surface area contributed by atoms with Gasteiger partial charge in [-0.25, -0.2) is 9.97 Å². The first-order chi connectivity index (χ1) is 14.2. The van der Waals surface area contributed by atoms with Gasteiger partial charge < -0.3 is 14.4 Å². The van der Waals surface area contributed by atoms with Gasteiger partial charge in [0.25, 0.3) is 0 Å². The molecule has 1 aliphatic rings. The number of imidazole rings is 1. The van der Waals surface area contributed by atoms with Gasteiger partial charge in [0.1, 0.15) is 0 Å². The first kappa shape index (κ1) is 21.2. The lowest BCUT2D eigenvalue weighted by atomic mass is 10.1. The maximum Gasteiger partial charge on any atom is 0.181 e. The molecule has 0 bridgehead atoms. The van der Waals surface area contributed by atoms with Gasteiger partial charge in [-0.3, -0.25) is 9.38 Å². The van der Waals surface area contributed by atoms with Crippen molar-refractivity contribution in [2.75, 3.05) is 44.9 Å². The van der Waals surface area contributed by atoms with Crippen LogP contribution in [0.1, 0.15) is 30.9 Å². The molecule has 0 unspecified atom stereocenters. The van der Waals surface area contributed by atoms with Crippen LogP contribution in [0.25, 0.3) is 16.9 Å². The van der Waals surface area contributed by atoms with E-state index in [1.165, 1.54) is 0 Å². The summed E-state index contributed by atoms with van der Waals surface area (Å²) in [5.41, 5.74) is 5.98. The molecule has 3 aromatic rings. The number of methoxy groups -OCH3 is 1. The number of anilines is 1. The van der Waals surface area contributed by atoms with Crippen molar-refractivity contribution in [1.29, 1.82) is 0 Å². The van der Waals surface area contributed by atoms with Crippen molar-refractivity contribution in [3.63, 3.8) is 0 Å². The van der Waals surface area contributed by atoms with Gasteiger partial charge in [0, 0.05) is 50.3 Å². The summed E-state index contributed by atoms with van der Waals surface area (Å²) in [6, 6.07) is 4.17. The second-order valence-corrected chi connectivity index (χ2v) is 6.83. The smallest absolute Gasteiger partial charge is 0.181 e. The molecule has 1 saturated heterocycles. The van der Waals surface area contributed by atoms with Gasteiger partial charge in [-0.2, -0.15) is 0 Å². The summed E-state index contributed by atoms with van der Waals surface area (Å²) in [5, 5.41) is 0. The van der Waals surface area contributed by atoms with E-state index in [2.05, 4.69) is 26.4 Å². The molecule has 4 heterocycles. The van der Waals surface area contributed by atoms with E-state index < -0.39 is 0 Å². The predicted octanol–water partition coefficient (Wildman–Crippen LogP) is 3.46. The van der Waals surface area contributed by atoms with Crippen molar-refractivity contribution in [3.05, 3.63) is 41.6 Å². The molecule has 0 atom stereocenters.